The van der Waals surface area contributed by atoms with Crippen LogP contribution in [0.15, 0.2) is 9.90 Å². The number of thiazole rings is 1. The van der Waals surface area contributed by atoms with Crippen LogP contribution >= 0.6 is 22.9 Å². The molecule has 0 saturated carbocycles. The van der Waals surface area contributed by atoms with Crippen LogP contribution in [0.3, 0.4) is 0 Å². The van der Waals surface area contributed by atoms with Crippen LogP contribution in [0.25, 0.3) is 0 Å². The third-order valence-corrected chi connectivity index (χ3v) is 4.44. The van der Waals surface area contributed by atoms with Crippen LogP contribution in [0.5, 0.6) is 0 Å². The van der Waals surface area contributed by atoms with E-state index in [0.717, 1.165) is 12.8 Å². The van der Waals surface area contributed by atoms with Crippen molar-refractivity contribution in [2.75, 3.05) is 6.54 Å². The SMILES string of the molecule is CC(C)c1nc(C2CCCN2C(=O)c2csc(Cl)n2)no1. The Kier molecular flexibility index (Phi) is 3.95. The highest BCUT2D eigenvalue weighted by molar-refractivity contribution is 7.14. The predicted molar refractivity (Wildman–Crippen MR) is 78.5 cm³/mol. The van der Waals surface area contributed by atoms with Crippen molar-refractivity contribution in [3.8, 4) is 0 Å². The molecule has 0 radical (unpaired) electrons. The first kappa shape index (κ1) is 14.5. The van der Waals surface area contributed by atoms with Gasteiger partial charge in [-0.2, -0.15) is 4.98 Å². The van der Waals surface area contributed by atoms with E-state index in [2.05, 4.69) is 15.1 Å². The Balaban J connectivity index is 1.83. The topological polar surface area (TPSA) is 72.1 Å². The zero-order chi connectivity index (χ0) is 15.0. The first-order valence-electron chi connectivity index (χ1n) is 6.81. The largest absolute Gasteiger partial charge is 0.339 e. The number of likely N-dealkylation sites (tertiary alicyclic amines) is 1. The Morgan fingerprint density at radius 3 is 2.95 bits per heavy atom. The average Bonchev–Trinajstić information content (AvgIpc) is 3.17. The molecule has 0 N–H and O–H groups in total. The van der Waals surface area contributed by atoms with Gasteiger partial charge in [-0.15, -0.1) is 11.3 Å². The van der Waals surface area contributed by atoms with Gasteiger partial charge in [0.15, 0.2) is 10.3 Å². The molecule has 1 atom stereocenters. The number of halogens is 1. The summed E-state index contributed by atoms with van der Waals surface area (Å²) in [5, 5.41) is 5.70. The molecular formula is C13H15ClN4O2S. The summed E-state index contributed by atoms with van der Waals surface area (Å²) in [6.45, 7) is 4.66. The lowest BCUT2D eigenvalue weighted by Crippen LogP contribution is -2.31. The van der Waals surface area contributed by atoms with E-state index >= 15 is 0 Å². The van der Waals surface area contributed by atoms with Crippen LogP contribution in [-0.4, -0.2) is 32.5 Å². The lowest BCUT2D eigenvalue weighted by Gasteiger charge is -2.21. The number of hydrogen-bond donors (Lipinski definition) is 0. The predicted octanol–water partition coefficient (Wildman–Crippen LogP) is 3.28. The monoisotopic (exact) mass is 326 g/mol. The minimum Gasteiger partial charge on any atom is -0.339 e. The highest BCUT2D eigenvalue weighted by Crippen LogP contribution is 2.32. The Labute approximate surface area is 131 Å². The van der Waals surface area contributed by atoms with E-state index in [1.807, 2.05) is 13.8 Å². The Hall–Kier alpha value is -1.47. The molecule has 1 amide bonds. The van der Waals surface area contributed by atoms with Crippen LogP contribution < -0.4 is 0 Å². The maximum absolute atomic E-state index is 12.5. The van der Waals surface area contributed by atoms with Gasteiger partial charge in [-0.05, 0) is 12.8 Å². The minimum absolute atomic E-state index is 0.128. The molecule has 8 heteroatoms. The molecule has 3 rings (SSSR count). The summed E-state index contributed by atoms with van der Waals surface area (Å²) in [5.41, 5.74) is 0.379. The van der Waals surface area contributed by atoms with Crippen LogP contribution in [-0.2, 0) is 0 Å². The fraction of sp³-hybridized carbons (Fsp3) is 0.538. The fourth-order valence-corrected chi connectivity index (χ4v) is 3.13. The van der Waals surface area contributed by atoms with Gasteiger partial charge >= 0.3 is 0 Å². The highest BCUT2D eigenvalue weighted by Gasteiger charge is 2.34. The maximum Gasteiger partial charge on any atom is 0.274 e. The van der Waals surface area contributed by atoms with Crippen molar-refractivity contribution >= 4 is 28.8 Å². The standard InChI is InChI=1S/C13H15ClN4O2S/c1-7(2)11-16-10(17-20-11)9-4-3-5-18(9)12(19)8-6-21-13(14)15-8/h6-7,9H,3-5H2,1-2H3. The van der Waals surface area contributed by atoms with Crippen molar-refractivity contribution in [2.24, 2.45) is 0 Å². The Morgan fingerprint density at radius 1 is 1.52 bits per heavy atom. The second kappa shape index (κ2) is 5.73. The summed E-state index contributed by atoms with van der Waals surface area (Å²) in [6.07, 6.45) is 1.75. The van der Waals surface area contributed by atoms with Crippen molar-refractivity contribution in [1.29, 1.82) is 0 Å². The lowest BCUT2D eigenvalue weighted by atomic mass is 10.2. The van der Waals surface area contributed by atoms with Crippen LogP contribution in [0, 0.1) is 0 Å². The number of rotatable bonds is 3. The molecule has 21 heavy (non-hydrogen) atoms. The zero-order valence-corrected chi connectivity index (χ0v) is 13.3. The third-order valence-electron chi connectivity index (χ3n) is 3.46. The van der Waals surface area contributed by atoms with E-state index in [1.165, 1.54) is 11.3 Å². The van der Waals surface area contributed by atoms with Gasteiger partial charge in [-0.3, -0.25) is 4.79 Å². The molecule has 3 heterocycles. The van der Waals surface area contributed by atoms with Crippen LogP contribution in [0.4, 0.5) is 0 Å². The maximum atomic E-state index is 12.5. The molecule has 1 aliphatic heterocycles. The van der Waals surface area contributed by atoms with Crippen molar-refractivity contribution < 1.29 is 9.32 Å². The molecule has 1 saturated heterocycles. The smallest absolute Gasteiger partial charge is 0.274 e. The van der Waals surface area contributed by atoms with Gasteiger partial charge in [0.25, 0.3) is 5.91 Å². The van der Waals surface area contributed by atoms with Crippen molar-refractivity contribution in [3.63, 3.8) is 0 Å². The van der Waals surface area contributed by atoms with Crippen molar-refractivity contribution in [3.05, 3.63) is 27.3 Å². The lowest BCUT2D eigenvalue weighted by molar-refractivity contribution is 0.0723. The Bertz CT molecular complexity index is 654. The van der Waals surface area contributed by atoms with E-state index in [9.17, 15) is 4.79 Å². The van der Waals surface area contributed by atoms with E-state index < -0.39 is 0 Å². The normalized spacial score (nSPS) is 18.7. The molecule has 2 aromatic rings. The molecular weight excluding hydrogens is 312 g/mol. The van der Waals surface area contributed by atoms with Gasteiger partial charge in [-0.25, -0.2) is 4.98 Å². The Morgan fingerprint density at radius 2 is 2.33 bits per heavy atom. The first-order valence-corrected chi connectivity index (χ1v) is 8.07. The molecule has 0 spiro atoms. The highest BCUT2D eigenvalue weighted by atomic mass is 35.5. The van der Waals surface area contributed by atoms with E-state index in [0.29, 0.717) is 28.4 Å². The second-order valence-corrected chi connectivity index (χ2v) is 6.73. The van der Waals surface area contributed by atoms with Gasteiger partial charge < -0.3 is 9.42 Å². The van der Waals surface area contributed by atoms with Crippen molar-refractivity contribution in [1.82, 2.24) is 20.0 Å². The van der Waals surface area contributed by atoms with Gasteiger partial charge in [-0.1, -0.05) is 30.6 Å². The summed E-state index contributed by atoms with van der Waals surface area (Å²) in [7, 11) is 0. The minimum atomic E-state index is -0.144. The number of aromatic nitrogens is 3. The summed E-state index contributed by atoms with van der Waals surface area (Å²) in [6, 6.07) is -0.144. The number of hydrogen-bond acceptors (Lipinski definition) is 6. The summed E-state index contributed by atoms with van der Waals surface area (Å²) in [5.74, 6) is 1.22. The third kappa shape index (κ3) is 2.80. The number of nitrogens with zero attached hydrogens (tertiary/aromatic N) is 4. The molecule has 0 aromatic carbocycles. The van der Waals surface area contributed by atoms with Gasteiger partial charge in [0, 0.05) is 17.8 Å². The quantitative estimate of drug-likeness (QED) is 0.865. The van der Waals surface area contributed by atoms with Crippen LogP contribution in [0.2, 0.25) is 4.47 Å². The van der Waals surface area contributed by atoms with Crippen LogP contribution in [0.1, 0.15) is 60.9 Å². The zero-order valence-electron chi connectivity index (χ0n) is 11.7. The number of amides is 1. The number of carbonyl (C=O) groups excluding carboxylic acids is 1. The summed E-state index contributed by atoms with van der Waals surface area (Å²) < 4.78 is 5.61. The fourth-order valence-electron chi connectivity index (χ4n) is 2.39. The van der Waals surface area contributed by atoms with E-state index in [1.54, 1.807) is 10.3 Å². The van der Waals surface area contributed by atoms with E-state index in [4.69, 9.17) is 16.1 Å². The molecule has 1 fully saturated rings. The molecule has 1 aliphatic rings. The average molecular weight is 327 g/mol. The van der Waals surface area contributed by atoms with Gasteiger partial charge in [0.1, 0.15) is 5.69 Å². The first-order chi connectivity index (χ1) is 10.1. The summed E-state index contributed by atoms with van der Waals surface area (Å²) in [4.78, 5) is 22.7. The van der Waals surface area contributed by atoms with E-state index in [-0.39, 0.29) is 17.9 Å². The molecule has 2 aromatic heterocycles. The molecule has 0 bridgehead atoms. The van der Waals surface area contributed by atoms with Gasteiger partial charge in [0.05, 0.1) is 6.04 Å². The molecule has 1 unspecified atom stereocenters. The second-order valence-electron chi connectivity index (χ2n) is 5.29. The summed E-state index contributed by atoms with van der Waals surface area (Å²) >= 11 is 7.05. The van der Waals surface area contributed by atoms with Crippen molar-refractivity contribution in [2.45, 2.75) is 38.6 Å². The van der Waals surface area contributed by atoms with Gasteiger partial charge in [0.2, 0.25) is 5.89 Å². The number of carbonyl (C=O) groups is 1. The molecule has 0 aliphatic carbocycles. The molecule has 112 valence electrons. The molecule has 6 nitrogen and oxygen atoms in total.